The fraction of sp³-hybridized carbons (Fsp3) is 0.900. The highest BCUT2D eigenvalue weighted by Crippen LogP contribution is 2.27. The standard InChI is InChI=1S/C10H21N3O2/c1-13(4-2-3-10(15)12-11)7-8-5-9(14)6-8/h8-9,14H,2-7,11H2,1H3,(H,12,15). The van der Waals surface area contributed by atoms with Crippen LogP contribution in [-0.2, 0) is 4.79 Å². The van der Waals surface area contributed by atoms with Gasteiger partial charge < -0.3 is 10.0 Å². The van der Waals surface area contributed by atoms with Gasteiger partial charge in [-0.05, 0) is 38.8 Å². The quantitative estimate of drug-likeness (QED) is 0.316. The van der Waals surface area contributed by atoms with Crippen LogP contribution >= 0.6 is 0 Å². The van der Waals surface area contributed by atoms with Gasteiger partial charge in [-0.25, -0.2) is 5.84 Å². The second-order valence-electron chi connectivity index (χ2n) is 4.42. The van der Waals surface area contributed by atoms with Crippen LogP contribution < -0.4 is 11.3 Å². The molecule has 4 N–H and O–H groups in total. The number of aliphatic hydroxyl groups excluding tert-OH is 1. The minimum Gasteiger partial charge on any atom is -0.393 e. The number of hydrogen-bond donors (Lipinski definition) is 3. The smallest absolute Gasteiger partial charge is 0.233 e. The third kappa shape index (κ3) is 4.59. The van der Waals surface area contributed by atoms with Crippen LogP contribution in [0.4, 0.5) is 0 Å². The normalized spacial score (nSPS) is 25.1. The van der Waals surface area contributed by atoms with Gasteiger partial charge in [0.2, 0.25) is 5.91 Å². The highest BCUT2D eigenvalue weighted by molar-refractivity contribution is 5.75. The van der Waals surface area contributed by atoms with Crippen LogP contribution in [0.15, 0.2) is 0 Å². The minimum absolute atomic E-state index is 0.0774. The van der Waals surface area contributed by atoms with E-state index in [-0.39, 0.29) is 12.0 Å². The number of rotatable bonds is 6. The molecule has 5 nitrogen and oxygen atoms in total. The molecule has 5 heteroatoms. The van der Waals surface area contributed by atoms with Crippen molar-refractivity contribution in [1.29, 1.82) is 0 Å². The molecule has 0 aliphatic heterocycles. The summed E-state index contributed by atoms with van der Waals surface area (Å²) < 4.78 is 0. The minimum atomic E-state index is -0.109. The van der Waals surface area contributed by atoms with Crippen LogP contribution in [0.25, 0.3) is 0 Å². The van der Waals surface area contributed by atoms with E-state index in [1.807, 2.05) is 7.05 Å². The summed E-state index contributed by atoms with van der Waals surface area (Å²) in [4.78, 5) is 13.0. The summed E-state index contributed by atoms with van der Waals surface area (Å²) >= 11 is 0. The number of hydrazine groups is 1. The number of carbonyl (C=O) groups is 1. The van der Waals surface area contributed by atoms with Gasteiger partial charge in [-0.3, -0.25) is 10.2 Å². The van der Waals surface area contributed by atoms with Gasteiger partial charge >= 0.3 is 0 Å². The SMILES string of the molecule is CN(CCCC(=O)NN)CC1CC(O)C1. The van der Waals surface area contributed by atoms with Crippen LogP contribution in [0.1, 0.15) is 25.7 Å². The Morgan fingerprint density at radius 2 is 2.27 bits per heavy atom. The van der Waals surface area contributed by atoms with Crippen LogP contribution in [0.5, 0.6) is 0 Å². The van der Waals surface area contributed by atoms with Crippen LogP contribution in [0.3, 0.4) is 0 Å². The zero-order valence-electron chi connectivity index (χ0n) is 9.28. The zero-order valence-corrected chi connectivity index (χ0v) is 9.28. The maximum absolute atomic E-state index is 10.8. The van der Waals surface area contributed by atoms with Gasteiger partial charge in [-0.2, -0.15) is 0 Å². The Kier molecular flexibility index (Phi) is 5.01. The van der Waals surface area contributed by atoms with E-state index in [2.05, 4.69) is 10.3 Å². The summed E-state index contributed by atoms with van der Waals surface area (Å²) in [5.41, 5.74) is 2.12. The highest BCUT2D eigenvalue weighted by atomic mass is 16.3. The Labute approximate surface area is 90.6 Å². The predicted octanol–water partition coefficient (Wildman–Crippen LogP) is -0.541. The lowest BCUT2D eigenvalue weighted by Crippen LogP contribution is -2.37. The van der Waals surface area contributed by atoms with Gasteiger partial charge in [-0.15, -0.1) is 0 Å². The Hall–Kier alpha value is -0.650. The number of hydrogen-bond acceptors (Lipinski definition) is 4. The van der Waals surface area contributed by atoms with Crippen LogP contribution in [0, 0.1) is 5.92 Å². The van der Waals surface area contributed by atoms with E-state index in [0.717, 1.165) is 32.4 Å². The lowest BCUT2D eigenvalue weighted by Gasteiger charge is -2.34. The summed E-state index contributed by atoms with van der Waals surface area (Å²) in [6.45, 7) is 1.92. The second-order valence-corrected chi connectivity index (χ2v) is 4.42. The molecule has 1 fully saturated rings. The van der Waals surface area contributed by atoms with Crippen molar-refractivity contribution in [1.82, 2.24) is 10.3 Å². The molecule has 1 aliphatic rings. The molecular weight excluding hydrogens is 194 g/mol. The van der Waals surface area contributed by atoms with Gasteiger partial charge in [-0.1, -0.05) is 0 Å². The molecule has 0 heterocycles. The van der Waals surface area contributed by atoms with E-state index in [0.29, 0.717) is 12.3 Å². The van der Waals surface area contributed by atoms with Crippen molar-refractivity contribution in [3.05, 3.63) is 0 Å². The largest absolute Gasteiger partial charge is 0.393 e. The molecule has 0 aromatic heterocycles. The van der Waals surface area contributed by atoms with E-state index >= 15 is 0 Å². The molecule has 0 saturated heterocycles. The predicted molar refractivity (Wildman–Crippen MR) is 57.8 cm³/mol. The van der Waals surface area contributed by atoms with E-state index < -0.39 is 0 Å². The third-order valence-corrected chi connectivity index (χ3v) is 2.89. The van der Waals surface area contributed by atoms with E-state index in [1.165, 1.54) is 0 Å². The molecule has 88 valence electrons. The van der Waals surface area contributed by atoms with Crippen molar-refractivity contribution in [3.63, 3.8) is 0 Å². The fourth-order valence-electron chi connectivity index (χ4n) is 1.96. The molecule has 0 aromatic rings. The van der Waals surface area contributed by atoms with Crippen molar-refractivity contribution in [2.45, 2.75) is 31.8 Å². The van der Waals surface area contributed by atoms with Crippen molar-refractivity contribution in [2.24, 2.45) is 11.8 Å². The molecule has 0 unspecified atom stereocenters. The average Bonchev–Trinajstić information content (AvgIpc) is 2.15. The number of amides is 1. The second kappa shape index (κ2) is 6.05. The number of nitrogens with two attached hydrogens (primary N) is 1. The van der Waals surface area contributed by atoms with Crippen LogP contribution in [0.2, 0.25) is 0 Å². The summed E-state index contributed by atoms with van der Waals surface area (Å²) in [7, 11) is 2.05. The zero-order chi connectivity index (χ0) is 11.3. The number of aliphatic hydroxyl groups is 1. The lowest BCUT2D eigenvalue weighted by molar-refractivity contribution is -0.121. The van der Waals surface area contributed by atoms with Crippen molar-refractivity contribution >= 4 is 5.91 Å². The number of nitrogens with one attached hydrogen (secondary N) is 1. The van der Waals surface area contributed by atoms with Crippen molar-refractivity contribution in [3.8, 4) is 0 Å². The molecule has 0 aromatic carbocycles. The Bertz CT molecular complexity index is 205. The first-order valence-electron chi connectivity index (χ1n) is 5.48. The van der Waals surface area contributed by atoms with Gasteiger partial charge in [0, 0.05) is 13.0 Å². The summed E-state index contributed by atoms with van der Waals surface area (Å²) in [6.07, 6.45) is 3.08. The highest BCUT2D eigenvalue weighted by Gasteiger charge is 2.27. The molecule has 1 amide bonds. The first kappa shape index (κ1) is 12.4. The molecule has 15 heavy (non-hydrogen) atoms. The van der Waals surface area contributed by atoms with Crippen LogP contribution in [-0.4, -0.2) is 42.2 Å². The molecule has 1 saturated carbocycles. The van der Waals surface area contributed by atoms with E-state index in [9.17, 15) is 4.79 Å². The van der Waals surface area contributed by atoms with Crippen molar-refractivity contribution < 1.29 is 9.90 Å². The molecule has 1 aliphatic carbocycles. The topological polar surface area (TPSA) is 78.6 Å². The summed E-state index contributed by atoms with van der Waals surface area (Å²) in [6, 6.07) is 0. The van der Waals surface area contributed by atoms with Gasteiger partial charge in [0.15, 0.2) is 0 Å². The first-order valence-corrected chi connectivity index (χ1v) is 5.48. The first-order chi connectivity index (χ1) is 7.11. The maximum atomic E-state index is 10.8. The third-order valence-electron chi connectivity index (χ3n) is 2.89. The molecule has 0 spiro atoms. The van der Waals surface area contributed by atoms with Gasteiger partial charge in [0.1, 0.15) is 0 Å². The molecule has 1 rings (SSSR count). The molecule has 0 radical (unpaired) electrons. The summed E-state index contributed by atoms with van der Waals surface area (Å²) in [5.74, 6) is 5.50. The Morgan fingerprint density at radius 3 is 2.80 bits per heavy atom. The summed E-state index contributed by atoms with van der Waals surface area (Å²) in [5, 5.41) is 9.13. The monoisotopic (exact) mass is 215 g/mol. The van der Waals surface area contributed by atoms with E-state index in [1.54, 1.807) is 0 Å². The fourth-order valence-corrected chi connectivity index (χ4v) is 1.96. The van der Waals surface area contributed by atoms with Crippen molar-refractivity contribution in [2.75, 3.05) is 20.1 Å². The number of nitrogens with zero attached hydrogens (tertiary/aromatic N) is 1. The van der Waals surface area contributed by atoms with Gasteiger partial charge in [0.25, 0.3) is 0 Å². The van der Waals surface area contributed by atoms with Gasteiger partial charge in [0.05, 0.1) is 6.10 Å². The average molecular weight is 215 g/mol. The van der Waals surface area contributed by atoms with E-state index in [4.69, 9.17) is 10.9 Å². The molecule has 0 atom stereocenters. The number of carbonyl (C=O) groups excluding carboxylic acids is 1. The molecular formula is C10H21N3O2. The molecule has 0 bridgehead atoms. The maximum Gasteiger partial charge on any atom is 0.233 e. The Balaban J connectivity index is 1.98. The Morgan fingerprint density at radius 1 is 1.60 bits per heavy atom. The lowest BCUT2D eigenvalue weighted by atomic mass is 9.82.